The standard InChI is InChI=1S/C15H24FNO/c1-10(2)8-11(3)17(5)15-7-6-13(16)9-14(15)12(4)18/h6-7,9-12,18H,8H2,1-5H3/t11?,12-/m0/s1. The first-order valence-electron chi connectivity index (χ1n) is 6.53. The molecule has 1 aromatic carbocycles. The number of aliphatic hydroxyl groups excluding tert-OH is 1. The molecule has 0 aliphatic heterocycles. The Balaban J connectivity index is 3.01. The van der Waals surface area contributed by atoms with E-state index in [0.717, 1.165) is 12.1 Å². The molecule has 1 unspecified atom stereocenters. The van der Waals surface area contributed by atoms with E-state index >= 15 is 0 Å². The second kappa shape index (κ2) is 6.19. The molecule has 2 atom stereocenters. The van der Waals surface area contributed by atoms with Crippen LogP contribution in [0.25, 0.3) is 0 Å². The summed E-state index contributed by atoms with van der Waals surface area (Å²) in [6.07, 6.45) is 0.400. The Bertz CT molecular complexity index is 390. The minimum Gasteiger partial charge on any atom is -0.389 e. The van der Waals surface area contributed by atoms with Gasteiger partial charge in [-0.1, -0.05) is 13.8 Å². The molecular formula is C15H24FNO. The van der Waals surface area contributed by atoms with Crippen molar-refractivity contribution in [3.63, 3.8) is 0 Å². The second-order valence-corrected chi connectivity index (χ2v) is 5.47. The third-order valence-electron chi connectivity index (χ3n) is 3.29. The molecule has 1 rings (SSSR count). The summed E-state index contributed by atoms with van der Waals surface area (Å²) >= 11 is 0. The van der Waals surface area contributed by atoms with Crippen LogP contribution in [0.1, 0.15) is 45.8 Å². The fourth-order valence-electron chi connectivity index (χ4n) is 2.26. The molecule has 102 valence electrons. The van der Waals surface area contributed by atoms with Crippen molar-refractivity contribution >= 4 is 5.69 Å². The molecule has 1 N–H and O–H groups in total. The molecule has 0 amide bonds. The Labute approximate surface area is 109 Å². The van der Waals surface area contributed by atoms with Gasteiger partial charge in [0.15, 0.2) is 0 Å². The van der Waals surface area contributed by atoms with E-state index < -0.39 is 6.10 Å². The normalized spacial score (nSPS) is 14.7. The number of rotatable bonds is 5. The van der Waals surface area contributed by atoms with Gasteiger partial charge in [-0.05, 0) is 44.4 Å². The minimum absolute atomic E-state index is 0.306. The van der Waals surface area contributed by atoms with Gasteiger partial charge in [0.1, 0.15) is 5.82 Å². The monoisotopic (exact) mass is 253 g/mol. The molecule has 0 radical (unpaired) electrons. The van der Waals surface area contributed by atoms with Crippen LogP contribution in [0.4, 0.5) is 10.1 Å². The van der Waals surface area contributed by atoms with Crippen LogP contribution < -0.4 is 4.90 Å². The summed E-state index contributed by atoms with van der Waals surface area (Å²) in [6.45, 7) is 8.18. The van der Waals surface area contributed by atoms with Crippen molar-refractivity contribution in [1.82, 2.24) is 0 Å². The molecule has 0 aliphatic carbocycles. The molecule has 3 heteroatoms. The van der Waals surface area contributed by atoms with Crippen LogP contribution in [0, 0.1) is 11.7 Å². The molecule has 2 nitrogen and oxygen atoms in total. The summed E-state index contributed by atoms with van der Waals surface area (Å²) in [4.78, 5) is 2.11. The summed E-state index contributed by atoms with van der Waals surface area (Å²) in [5.74, 6) is 0.303. The van der Waals surface area contributed by atoms with E-state index in [1.807, 2.05) is 7.05 Å². The number of hydrogen-bond donors (Lipinski definition) is 1. The molecule has 0 bridgehead atoms. The summed E-state index contributed by atoms with van der Waals surface area (Å²) in [7, 11) is 1.99. The van der Waals surface area contributed by atoms with E-state index in [1.165, 1.54) is 12.1 Å². The van der Waals surface area contributed by atoms with Crippen LogP contribution in [0.5, 0.6) is 0 Å². The molecule has 0 aliphatic rings. The molecule has 18 heavy (non-hydrogen) atoms. The van der Waals surface area contributed by atoms with Crippen molar-refractivity contribution in [3.8, 4) is 0 Å². The van der Waals surface area contributed by atoms with Gasteiger partial charge in [-0.3, -0.25) is 0 Å². The molecule has 0 fully saturated rings. The first-order chi connectivity index (χ1) is 8.32. The second-order valence-electron chi connectivity index (χ2n) is 5.47. The Hall–Kier alpha value is -1.09. The third-order valence-corrected chi connectivity index (χ3v) is 3.29. The van der Waals surface area contributed by atoms with Crippen molar-refractivity contribution in [3.05, 3.63) is 29.6 Å². The van der Waals surface area contributed by atoms with Crippen LogP contribution in [0.3, 0.4) is 0 Å². The summed E-state index contributed by atoms with van der Waals surface area (Å²) in [5, 5.41) is 9.75. The average Bonchev–Trinajstić information content (AvgIpc) is 2.26. The molecule has 0 spiro atoms. The number of hydrogen-bond acceptors (Lipinski definition) is 2. The molecule has 0 saturated carbocycles. The zero-order chi connectivity index (χ0) is 13.9. The highest BCUT2D eigenvalue weighted by molar-refractivity contribution is 5.54. The predicted molar refractivity (Wildman–Crippen MR) is 74.4 cm³/mol. The zero-order valence-electron chi connectivity index (χ0n) is 11.9. The summed E-state index contributed by atoms with van der Waals surface area (Å²) < 4.78 is 13.3. The highest BCUT2D eigenvalue weighted by atomic mass is 19.1. The highest BCUT2D eigenvalue weighted by Crippen LogP contribution is 2.28. The zero-order valence-corrected chi connectivity index (χ0v) is 11.9. The molecular weight excluding hydrogens is 229 g/mol. The maximum Gasteiger partial charge on any atom is 0.123 e. The van der Waals surface area contributed by atoms with Crippen molar-refractivity contribution in [2.45, 2.75) is 46.3 Å². The average molecular weight is 253 g/mol. The maximum absolute atomic E-state index is 13.3. The van der Waals surface area contributed by atoms with E-state index in [2.05, 4.69) is 25.7 Å². The van der Waals surface area contributed by atoms with Gasteiger partial charge < -0.3 is 10.0 Å². The van der Waals surface area contributed by atoms with Gasteiger partial charge in [-0.15, -0.1) is 0 Å². The van der Waals surface area contributed by atoms with Crippen LogP contribution in [0.2, 0.25) is 0 Å². The van der Waals surface area contributed by atoms with E-state index in [-0.39, 0.29) is 5.82 Å². The van der Waals surface area contributed by atoms with Gasteiger partial charge in [0.25, 0.3) is 0 Å². The Morgan fingerprint density at radius 3 is 2.33 bits per heavy atom. The molecule has 0 heterocycles. The van der Waals surface area contributed by atoms with Crippen molar-refractivity contribution in [2.24, 2.45) is 5.92 Å². The van der Waals surface area contributed by atoms with Crippen LogP contribution in [-0.2, 0) is 0 Å². The topological polar surface area (TPSA) is 23.5 Å². The van der Waals surface area contributed by atoms with Crippen molar-refractivity contribution in [1.29, 1.82) is 0 Å². The first kappa shape index (κ1) is 15.0. The lowest BCUT2D eigenvalue weighted by Crippen LogP contribution is -2.31. The summed E-state index contributed by atoms with van der Waals surface area (Å²) in [6, 6.07) is 4.96. The van der Waals surface area contributed by atoms with Crippen LogP contribution >= 0.6 is 0 Å². The number of halogens is 1. The number of anilines is 1. The largest absolute Gasteiger partial charge is 0.389 e. The maximum atomic E-state index is 13.3. The van der Waals surface area contributed by atoms with Gasteiger partial charge >= 0.3 is 0 Å². The Kier molecular flexibility index (Phi) is 5.15. The van der Waals surface area contributed by atoms with E-state index in [0.29, 0.717) is 17.5 Å². The fourth-order valence-corrected chi connectivity index (χ4v) is 2.26. The van der Waals surface area contributed by atoms with Crippen LogP contribution in [0.15, 0.2) is 18.2 Å². The van der Waals surface area contributed by atoms with E-state index in [9.17, 15) is 9.50 Å². The third kappa shape index (κ3) is 3.70. The van der Waals surface area contributed by atoms with Gasteiger partial charge in [-0.2, -0.15) is 0 Å². The SMILES string of the molecule is CC(C)CC(C)N(C)c1ccc(F)cc1[C@H](C)O. The fraction of sp³-hybridized carbons (Fsp3) is 0.600. The quantitative estimate of drug-likeness (QED) is 0.864. The predicted octanol–water partition coefficient (Wildman–Crippen LogP) is 3.75. The number of benzene rings is 1. The number of aliphatic hydroxyl groups is 1. The van der Waals surface area contributed by atoms with Crippen LogP contribution in [-0.4, -0.2) is 18.2 Å². The van der Waals surface area contributed by atoms with Gasteiger partial charge in [0.05, 0.1) is 6.10 Å². The lowest BCUT2D eigenvalue weighted by Gasteiger charge is -2.30. The molecule has 1 aromatic rings. The van der Waals surface area contributed by atoms with E-state index in [1.54, 1.807) is 13.0 Å². The summed E-state index contributed by atoms with van der Waals surface area (Å²) in [5.41, 5.74) is 1.55. The number of nitrogens with zero attached hydrogens (tertiary/aromatic N) is 1. The molecule has 0 saturated heterocycles. The van der Waals surface area contributed by atoms with E-state index in [4.69, 9.17) is 0 Å². The van der Waals surface area contributed by atoms with Crippen molar-refractivity contribution < 1.29 is 9.50 Å². The first-order valence-corrected chi connectivity index (χ1v) is 6.53. The Morgan fingerprint density at radius 2 is 1.83 bits per heavy atom. The van der Waals surface area contributed by atoms with Gasteiger partial charge in [0.2, 0.25) is 0 Å². The van der Waals surface area contributed by atoms with Gasteiger partial charge in [0, 0.05) is 24.3 Å². The molecule has 0 aromatic heterocycles. The Morgan fingerprint density at radius 1 is 1.22 bits per heavy atom. The lowest BCUT2D eigenvalue weighted by atomic mass is 10.0. The van der Waals surface area contributed by atoms with Gasteiger partial charge in [-0.25, -0.2) is 4.39 Å². The smallest absolute Gasteiger partial charge is 0.123 e. The van der Waals surface area contributed by atoms with Crippen molar-refractivity contribution in [2.75, 3.05) is 11.9 Å². The highest BCUT2D eigenvalue weighted by Gasteiger charge is 2.17. The minimum atomic E-state index is -0.663. The lowest BCUT2D eigenvalue weighted by molar-refractivity contribution is 0.199.